The summed E-state index contributed by atoms with van der Waals surface area (Å²) in [6.45, 7) is 2.90. The fourth-order valence-corrected chi connectivity index (χ4v) is 3.94. The molecule has 0 saturated carbocycles. The molecule has 0 radical (unpaired) electrons. The SMILES string of the molecule is Nc1cc(F)ccc1N1CCN(C(c2ccc(F)cc2)c2ccc(F)cc2)CC1. The van der Waals surface area contributed by atoms with Crippen LogP contribution < -0.4 is 10.6 Å². The zero-order chi connectivity index (χ0) is 20.4. The molecule has 1 heterocycles. The summed E-state index contributed by atoms with van der Waals surface area (Å²) in [6.07, 6.45) is 0. The van der Waals surface area contributed by atoms with E-state index in [-0.39, 0.29) is 23.5 Å². The second kappa shape index (κ2) is 8.17. The Hall–Kier alpha value is -2.99. The number of nitrogens with two attached hydrogens (primary N) is 1. The van der Waals surface area contributed by atoms with E-state index in [9.17, 15) is 13.2 Å². The van der Waals surface area contributed by atoms with Crippen LogP contribution in [-0.2, 0) is 0 Å². The molecule has 4 rings (SSSR count). The first-order valence-corrected chi connectivity index (χ1v) is 9.56. The summed E-state index contributed by atoms with van der Waals surface area (Å²) in [5.41, 5.74) is 9.14. The van der Waals surface area contributed by atoms with E-state index < -0.39 is 0 Å². The van der Waals surface area contributed by atoms with Gasteiger partial charge in [0.25, 0.3) is 0 Å². The van der Waals surface area contributed by atoms with Gasteiger partial charge in [-0.25, -0.2) is 13.2 Å². The minimum absolute atomic E-state index is 0.107. The van der Waals surface area contributed by atoms with Gasteiger partial charge in [-0.15, -0.1) is 0 Å². The molecule has 0 spiro atoms. The van der Waals surface area contributed by atoms with Crippen LogP contribution in [0.3, 0.4) is 0 Å². The highest BCUT2D eigenvalue weighted by Gasteiger charge is 2.27. The number of piperazine rings is 1. The Morgan fingerprint density at radius 1 is 0.655 bits per heavy atom. The first-order chi connectivity index (χ1) is 14.0. The molecule has 6 heteroatoms. The summed E-state index contributed by atoms with van der Waals surface area (Å²) in [6, 6.07) is 17.2. The molecule has 2 N–H and O–H groups in total. The molecule has 0 aromatic heterocycles. The van der Waals surface area contributed by atoms with E-state index in [1.165, 1.54) is 36.4 Å². The molecule has 1 aliphatic heterocycles. The molecule has 1 fully saturated rings. The van der Waals surface area contributed by atoms with Gasteiger partial charge in [0, 0.05) is 26.2 Å². The van der Waals surface area contributed by atoms with Gasteiger partial charge in [-0.3, -0.25) is 4.90 Å². The lowest BCUT2D eigenvalue weighted by Gasteiger charge is -2.41. The minimum atomic E-state index is -0.349. The number of halogens is 3. The maximum atomic E-state index is 13.4. The van der Waals surface area contributed by atoms with E-state index in [4.69, 9.17) is 5.73 Å². The van der Waals surface area contributed by atoms with Crippen molar-refractivity contribution >= 4 is 11.4 Å². The Morgan fingerprint density at radius 3 is 1.62 bits per heavy atom. The molecule has 0 amide bonds. The fraction of sp³-hybridized carbons (Fsp3) is 0.217. The number of nitrogen functional groups attached to an aromatic ring is 1. The summed E-state index contributed by atoms with van der Waals surface area (Å²) < 4.78 is 40.2. The highest BCUT2D eigenvalue weighted by molar-refractivity contribution is 5.67. The lowest BCUT2D eigenvalue weighted by molar-refractivity contribution is 0.212. The monoisotopic (exact) mass is 397 g/mol. The van der Waals surface area contributed by atoms with E-state index in [0.717, 1.165) is 29.9 Å². The highest BCUT2D eigenvalue weighted by Crippen LogP contribution is 2.32. The zero-order valence-electron chi connectivity index (χ0n) is 15.9. The maximum Gasteiger partial charge on any atom is 0.125 e. The second-order valence-electron chi connectivity index (χ2n) is 7.23. The second-order valence-corrected chi connectivity index (χ2v) is 7.23. The molecule has 3 nitrogen and oxygen atoms in total. The predicted molar refractivity (Wildman–Crippen MR) is 109 cm³/mol. The molecule has 1 saturated heterocycles. The third kappa shape index (κ3) is 4.22. The smallest absolute Gasteiger partial charge is 0.125 e. The van der Waals surface area contributed by atoms with Crippen LogP contribution in [-0.4, -0.2) is 31.1 Å². The van der Waals surface area contributed by atoms with Crippen LogP contribution in [0.4, 0.5) is 24.5 Å². The first-order valence-electron chi connectivity index (χ1n) is 9.56. The molecule has 29 heavy (non-hydrogen) atoms. The van der Waals surface area contributed by atoms with Crippen LogP contribution in [0.1, 0.15) is 17.2 Å². The molecular weight excluding hydrogens is 375 g/mol. The first kappa shape index (κ1) is 19.3. The number of benzene rings is 3. The quantitative estimate of drug-likeness (QED) is 0.653. The number of anilines is 2. The molecule has 0 aliphatic carbocycles. The molecule has 3 aromatic carbocycles. The van der Waals surface area contributed by atoms with Gasteiger partial charge in [-0.05, 0) is 53.6 Å². The van der Waals surface area contributed by atoms with Gasteiger partial charge in [0.05, 0.1) is 17.4 Å². The van der Waals surface area contributed by atoms with Crippen molar-refractivity contribution in [1.29, 1.82) is 0 Å². The van der Waals surface area contributed by atoms with Crippen molar-refractivity contribution in [2.24, 2.45) is 0 Å². The van der Waals surface area contributed by atoms with Crippen LogP contribution in [0.5, 0.6) is 0 Å². The zero-order valence-corrected chi connectivity index (χ0v) is 15.9. The van der Waals surface area contributed by atoms with E-state index in [1.54, 1.807) is 30.3 Å². The summed E-state index contributed by atoms with van der Waals surface area (Å²) in [4.78, 5) is 4.42. The van der Waals surface area contributed by atoms with E-state index in [1.807, 2.05) is 0 Å². The summed E-state index contributed by atoms with van der Waals surface area (Å²) in [5, 5.41) is 0. The average Bonchev–Trinajstić information content (AvgIpc) is 2.72. The number of hydrogen-bond donors (Lipinski definition) is 1. The van der Waals surface area contributed by atoms with Crippen molar-refractivity contribution in [3.8, 4) is 0 Å². The van der Waals surface area contributed by atoms with Crippen molar-refractivity contribution in [1.82, 2.24) is 4.90 Å². The molecule has 3 aromatic rings. The Kier molecular flexibility index (Phi) is 5.45. The maximum absolute atomic E-state index is 13.4. The fourth-order valence-electron chi connectivity index (χ4n) is 3.94. The average molecular weight is 397 g/mol. The lowest BCUT2D eigenvalue weighted by atomic mass is 9.96. The molecule has 1 aliphatic rings. The summed E-state index contributed by atoms with van der Waals surface area (Å²) in [5.74, 6) is -0.927. The van der Waals surface area contributed by atoms with Gasteiger partial charge in [0.2, 0.25) is 0 Å². The predicted octanol–water partition coefficient (Wildman–Crippen LogP) is 4.60. The van der Waals surface area contributed by atoms with E-state index in [0.29, 0.717) is 18.8 Å². The van der Waals surface area contributed by atoms with E-state index in [2.05, 4.69) is 9.80 Å². The van der Waals surface area contributed by atoms with Crippen molar-refractivity contribution in [2.75, 3.05) is 36.8 Å². The Balaban J connectivity index is 1.57. The van der Waals surface area contributed by atoms with Gasteiger partial charge in [0.1, 0.15) is 17.5 Å². The van der Waals surface area contributed by atoms with Crippen molar-refractivity contribution in [2.45, 2.75) is 6.04 Å². The topological polar surface area (TPSA) is 32.5 Å². The molecule has 0 unspecified atom stereocenters. The van der Waals surface area contributed by atoms with Gasteiger partial charge in [-0.1, -0.05) is 24.3 Å². The van der Waals surface area contributed by atoms with Gasteiger partial charge >= 0.3 is 0 Å². The van der Waals surface area contributed by atoms with E-state index >= 15 is 0 Å². The van der Waals surface area contributed by atoms with Gasteiger partial charge < -0.3 is 10.6 Å². The van der Waals surface area contributed by atoms with Crippen LogP contribution in [0.15, 0.2) is 66.7 Å². The molecule has 0 bridgehead atoms. The molecule has 150 valence electrons. The van der Waals surface area contributed by atoms with Crippen LogP contribution >= 0.6 is 0 Å². The largest absolute Gasteiger partial charge is 0.397 e. The van der Waals surface area contributed by atoms with Crippen LogP contribution in [0.2, 0.25) is 0 Å². The Labute approximate surface area is 168 Å². The third-order valence-electron chi connectivity index (χ3n) is 5.38. The highest BCUT2D eigenvalue weighted by atomic mass is 19.1. The summed E-state index contributed by atoms with van der Waals surface area (Å²) >= 11 is 0. The lowest BCUT2D eigenvalue weighted by Crippen LogP contribution is -2.48. The third-order valence-corrected chi connectivity index (χ3v) is 5.38. The Morgan fingerprint density at radius 2 is 1.14 bits per heavy atom. The molecule has 0 atom stereocenters. The number of hydrogen-bond acceptors (Lipinski definition) is 3. The normalized spacial score (nSPS) is 15.1. The van der Waals surface area contributed by atoms with Crippen molar-refractivity contribution < 1.29 is 13.2 Å². The number of nitrogens with zero attached hydrogens (tertiary/aromatic N) is 2. The van der Waals surface area contributed by atoms with Gasteiger partial charge in [0.15, 0.2) is 0 Å². The Bertz CT molecular complexity index is 920. The van der Waals surface area contributed by atoms with Crippen LogP contribution in [0, 0.1) is 17.5 Å². The van der Waals surface area contributed by atoms with Gasteiger partial charge in [-0.2, -0.15) is 0 Å². The summed E-state index contributed by atoms with van der Waals surface area (Å²) in [7, 11) is 0. The number of rotatable bonds is 4. The van der Waals surface area contributed by atoms with Crippen molar-refractivity contribution in [3.63, 3.8) is 0 Å². The molecular formula is C23H22F3N3. The van der Waals surface area contributed by atoms with Crippen molar-refractivity contribution in [3.05, 3.63) is 95.3 Å². The minimum Gasteiger partial charge on any atom is -0.397 e. The standard InChI is InChI=1S/C23H22F3N3/c24-18-5-1-16(2-6-18)23(17-3-7-19(25)8-4-17)29-13-11-28(12-14-29)22-10-9-20(26)15-21(22)27/h1-10,15,23H,11-14,27H2. The van der Waals surface area contributed by atoms with Crippen LogP contribution in [0.25, 0.3) is 0 Å².